The first kappa shape index (κ1) is 10.2. The molecule has 0 bridgehead atoms. The molecule has 1 aliphatic carbocycles. The number of carbonyl (C=O) groups excluding carboxylic acids is 1. The van der Waals surface area contributed by atoms with E-state index in [0.29, 0.717) is 5.78 Å². The molecule has 0 N–H and O–H groups in total. The molecule has 2 heteroatoms. The van der Waals surface area contributed by atoms with Gasteiger partial charge in [0, 0.05) is 17.9 Å². The summed E-state index contributed by atoms with van der Waals surface area (Å²) < 4.78 is 5.31. The molecule has 0 aromatic heterocycles. The molecule has 1 atom stereocenters. The van der Waals surface area contributed by atoms with Gasteiger partial charge in [0.05, 0.1) is 7.11 Å². The highest BCUT2D eigenvalue weighted by Gasteiger charge is 2.28. The van der Waals surface area contributed by atoms with Crippen LogP contribution in [-0.4, -0.2) is 12.9 Å². The molecule has 2 nitrogen and oxygen atoms in total. The summed E-state index contributed by atoms with van der Waals surface area (Å²) in [7, 11) is 1.66. The van der Waals surface area contributed by atoms with Crippen LogP contribution in [0.25, 0.3) is 0 Å². The van der Waals surface area contributed by atoms with Gasteiger partial charge in [-0.2, -0.15) is 0 Å². The monoisotopic (exact) mass is 204 g/mol. The summed E-state index contributed by atoms with van der Waals surface area (Å²) in [6.07, 6.45) is 2.71. The van der Waals surface area contributed by atoms with Crippen molar-refractivity contribution in [1.82, 2.24) is 0 Å². The van der Waals surface area contributed by atoms with E-state index in [1.807, 2.05) is 19.1 Å². The van der Waals surface area contributed by atoms with Crippen LogP contribution in [0.2, 0.25) is 0 Å². The van der Waals surface area contributed by atoms with Crippen molar-refractivity contribution in [2.75, 3.05) is 7.11 Å². The number of methoxy groups -OCH3 is 1. The predicted octanol–water partition coefficient (Wildman–Crippen LogP) is 2.84. The molecule has 1 unspecified atom stereocenters. The van der Waals surface area contributed by atoms with Crippen LogP contribution in [0.3, 0.4) is 0 Å². The molecule has 1 saturated carbocycles. The molecular formula is C13H16O2. The lowest BCUT2D eigenvalue weighted by atomic mass is 9.94. The lowest BCUT2D eigenvalue weighted by Gasteiger charge is -2.14. The average Bonchev–Trinajstić information content (AvgIpc) is 2.64. The Labute approximate surface area is 90.3 Å². The molecule has 0 radical (unpaired) electrons. The van der Waals surface area contributed by atoms with Crippen molar-refractivity contribution < 1.29 is 9.53 Å². The molecule has 1 fully saturated rings. The van der Waals surface area contributed by atoms with Crippen molar-refractivity contribution in [2.24, 2.45) is 0 Å². The Morgan fingerprint density at radius 2 is 2.20 bits per heavy atom. The Morgan fingerprint density at radius 3 is 2.80 bits per heavy atom. The third kappa shape index (κ3) is 1.89. The minimum atomic E-state index is 0.0693. The summed E-state index contributed by atoms with van der Waals surface area (Å²) in [6, 6.07) is 6.05. The van der Waals surface area contributed by atoms with Crippen LogP contribution in [0, 0.1) is 6.92 Å². The second-order valence-corrected chi connectivity index (χ2v) is 4.16. The standard InChI is InChI=1S/C13H16O2/c1-9-6-7-13(15-2)11(8-9)10-4-3-5-12(10)14/h6-8,10H,3-5H2,1-2H3. The molecule has 0 saturated heterocycles. The van der Waals surface area contributed by atoms with Crippen LogP contribution in [0.15, 0.2) is 18.2 Å². The van der Waals surface area contributed by atoms with E-state index in [9.17, 15) is 4.79 Å². The summed E-state index contributed by atoms with van der Waals surface area (Å²) >= 11 is 0. The number of benzene rings is 1. The molecule has 1 aliphatic rings. The van der Waals surface area contributed by atoms with E-state index >= 15 is 0 Å². The Hall–Kier alpha value is -1.31. The number of ketones is 1. The zero-order valence-corrected chi connectivity index (χ0v) is 9.25. The quantitative estimate of drug-likeness (QED) is 0.740. The van der Waals surface area contributed by atoms with Crippen LogP contribution in [0.1, 0.15) is 36.3 Å². The third-order valence-electron chi connectivity index (χ3n) is 3.07. The zero-order valence-electron chi connectivity index (χ0n) is 9.25. The lowest BCUT2D eigenvalue weighted by molar-refractivity contribution is -0.118. The second kappa shape index (κ2) is 4.05. The highest BCUT2D eigenvalue weighted by molar-refractivity contribution is 5.88. The maximum absolute atomic E-state index is 11.7. The van der Waals surface area contributed by atoms with Gasteiger partial charge in [0.2, 0.25) is 0 Å². The molecule has 80 valence electrons. The van der Waals surface area contributed by atoms with Crippen molar-refractivity contribution in [1.29, 1.82) is 0 Å². The summed E-state index contributed by atoms with van der Waals surface area (Å²) in [4.78, 5) is 11.7. The number of rotatable bonds is 2. The van der Waals surface area contributed by atoms with Crippen molar-refractivity contribution in [2.45, 2.75) is 32.1 Å². The molecule has 1 aromatic carbocycles. The number of hydrogen-bond donors (Lipinski definition) is 0. The molecule has 0 heterocycles. The Morgan fingerprint density at radius 1 is 1.40 bits per heavy atom. The number of hydrogen-bond acceptors (Lipinski definition) is 2. The van der Waals surface area contributed by atoms with E-state index in [4.69, 9.17) is 4.74 Å². The molecule has 0 spiro atoms. The second-order valence-electron chi connectivity index (χ2n) is 4.16. The maximum Gasteiger partial charge on any atom is 0.140 e. The van der Waals surface area contributed by atoms with Crippen LogP contribution in [0.4, 0.5) is 0 Å². The first-order chi connectivity index (χ1) is 7.22. The zero-order chi connectivity index (χ0) is 10.8. The fourth-order valence-electron chi connectivity index (χ4n) is 2.27. The number of aryl methyl sites for hydroxylation is 1. The van der Waals surface area contributed by atoms with Crippen molar-refractivity contribution in [3.63, 3.8) is 0 Å². The molecule has 15 heavy (non-hydrogen) atoms. The van der Waals surface area contributed by atoms with E-state index in [1.54, 1.807) is 7.11 Å². The first-order valence-corrected chi connectivity index (χ1v) is 5.39. The summed E-state index contributed by atoms with van der Waals surface area (Å²) in [6.45, 7) is 2.04. The lowest BCUT2D eigenvalue weighted by Crippen LogP contribution is -2.06. The molecule has 0 amide bonds. The van der Waals surface area contributed by atoms with Gasteiger partial charge in [0.15, 0.2) is 0 Å². The first-order valence-electron chi connectivity index (χ1n) is 5.39. The number of ether oxygens (including phenoxy) is 1. The summed E-state index contributed by atoms with van der Waals surface area (Å²) in [5, 5.41) is 0. The normalized spacial score (nSPS) is 20.7. The van der Waals surface area contributed by atoms with Crippen molar-refractivity contribution in [3.05, 3.63) is 29.3 Å². The van der Waals surface area contributed by atoms with Gasteiger partial charge in [-0.05, 0) is 25.8 Å². The van der Waals surface area contributed by atoms with Crippen LogP contribution >= 0.6 is 0 Å². The van der Waals surface area contributed by atoms with Crippen molar-refractivity contribution >= 4 is 5.78 Å². The molecular weight excluding hydrogens is 188 g/mol. The van der Waals surface area contributed by atoms with Gasteiger partial charge in [0.1, 0.15) is 11.5 Å². The number of carbonyl (C=O) groups is 1. The molecule has 1 aromatic rings. The van der Waals surface area contributed by atoms with Gasteiger partial charge < -0.3 is 4.74 Å². The van der Waals surface area contributed by atoms with Gasteiger partial charge >= 0.3 is 0 Å². The Kier molecular flexibility index (Phi) is 2.76. The SMILES string of the molecule is COc1ccc(C)cc1C1CCCC1=O. The average molecular weight is 204 g/mol. The molecule has 2 rings (SSSR count). The van der Waals surface area contributed by atoms with Gasteiger partial charge in [0.25, 0.3) is 0 Å². The summed E-state index contributed by atoms with van der Waals surface area (Å²) in [5.41, 5.74) is 2.26. The van der Waals surface area contributed by atoms with Crippen LogP contribution < -0.4 is 4.74 Å². The summed E-state index contributed by atoms with van der Waals surface area (Å²) in [5.74, 6) is 1.28. The van der Waals surface area contributed by atoms with Gasteiger partial charge in [-0.3, -0.25) is 4.79 Å². The Bertz CT molecular complexity index is 382. The van der Waals surface area contributed by atoms with E-state index in [1.165, 1.54) is 5.56 Å². The Balaban J connectivity index is 2.40. The minimum absolute atomic E-state index is 0.0693. The van der Waals surface area contributed by atoms with Gasteiger partial charge in [-0.25, -0.2) is 0 Å². The molecule has 0 aliphatic heterocycles. The van der Waals surface area contributed by atoms with Crippen LogP contribution in [-0.2, 0) is 4.79 Å². The van der Waals surface area contributed by atoms with E-state index < -0.39 is 0 Å². The third-order valence-corrected chi connectivity index (χ3v) is 3.07. The predicted molar refractivity (Wildman–Crippen MR) is 59.3 cm³/mol. The highest BCUT2D eigenvalue weighted by atomic mass is 16.5. The van der Waals surface area contributed by atoms with E-state index in [-0.39, 0.29) is 5.92 Å². The fraction of sp³-hybridized carbons (Fsp3) is 0.462. The highest BCUT2D eigenvalue weighted by Crippen LogP contribution is 2.36. The minimum Gasteiger partial charge on any atom is -0.496 e. The topological polar surface area (TPSA) is 26.3 Å². The number of Topliss-reactive ketones (excluding diaryl/α,β-unsaturated/α-hetero) is 1. The van der Waals surface area contributed by atoms with E-state index in [2.05, 4.69) is 6.07 Å². The van der Waals surface area contributed by atoms with Gasteiger partial charge in [-0.1, -0.05) is 17.7 Å². The largest absolute Gasteiger partial charge is 0.496 e. The smallest absolute Gasteiger partial charge is 0.140 e. The van der Waals surface area contributed by atoms with Crippen LogP contribution in [0.5, 0.6) is 5.75 Å². The van der Waals surface area contributed by atoms with Gasteiger partial charge in [-0.15, -0.1) is 0 Å². The van der Waals surface area contributed by atoms with Crippen molar-refractivity contribution in [3.8, 4) is 5.75 Å². The maximum atomic E-state index is 11.7. The fourth-order valence-corrected chi connectivity index (χ4v) is 2.27. The van der Waals surface area contributed by atoms with E-state index in [0.717, 1.165) is 30.6 Å².